The van der Waals surface area contributed by atoms with Gasteiger partial charge in [-0.05, 0) is 63.1 Å². The highest BCUT2D eigenvalue weighted by Gasteiger charge is 2.38. The van der Waals surface area contributed by atoms with Gasteiger partial charge >= 0.3 is 6.09 Å². The van der Waals surface area contributed by atoms with E-state index < -0.39 is 23.8 Å². The van der Waals surface area contributed by atoms with E-state index >= 15 is 0 Å². The predicted octanol–water partition coefficient (Wildman–Crippen LogP) is 6.78. The van der Waals surface area contributed by atoms with Gasteiger partial charge < -0.3 is 20.3 Å². The summed E-state index contributed by atoms with van der Waals surface area (Å²) in [6.07, 6.45) is 10.2. The van der Waals surface area contributed by atoms with Gasteiger partial charge in [0.1, 0.15) is 17.7 Å². The van der Waals surface area contributed by atoms with Crippen LogP contribution in [0, 0.1) is 5.92 Å². The number of hydrogen-bond donors (Lipinski definition) is 2. The number of rotatable bonds is 13. The second-order valence-electron chi connectivity index (χ2n) is 12.1. The van der Waals surface area contributed by atoms with E-state index in [-0.39, 0.29) is 23.8 Å². The van der Waals surface area contributed by atoms with Crippen molar-refractivity contribution in [3.05, 3.63) is 42.0 Å². The fourth-order valence-corrected chi connectivity index (χ4v) is 5.06. The fraction of sp³-hybridized carbons (Fsp3) is 0.656. The molecule has 39 heavy (non-hydrogen) atoms. The van der Waals surface area contributed by atoms with Crippen LogP contribution in [0.15, 0.2) is 30.8 Å². The van der Waals surface area contributed by atoms with Crippen LogP contribution >= 0.6 is 0 Å². The highest BCUT2D eigenvalue weighted by molar-refractivity contribution is 5.92. The molecule has 3 amide bonds. The second-order valence-corrected chi connectivity index (χ2v) is 12.1. The van der Waals surface area contributed by atoms with E-state index in [0.29, 0.717) is 6.54 Å². The zero-order chi connectivity index (χ0) is 29.0. The first kappa shape index (κ1) is 32.4. The third-order valence-corrected chi connectivity index (χ3v) is 7.11. The molecule has 0 aromatic heterocycles. The maximum absolute atomic E-state index is 14.3. The summed E-state index contributed by atoms with van der Waals surface area (Å²) in [6, 6.07) is 6.11. The van der Waals surface area contributed by atoms with Crippen LogP contribution < -0.4 is 10.6 Å². The van der Waals surface area contributed by atoms with Crippen molar-refractivity contribution in [3.8, 4) is 0 Å². The molecule has 1 saturated carbocycles. The molecule has 2 unspecified atom stereocenters. The maximum atomic E-state index is 14.3. The largest absolute Gasteiger partial charge is 0.444 e. The van der Waals surface area contributed by atoms with Gasteiger partial charge in [-0.2, -0.15) is 0 Å². The first-order chi connectivity index (χ1) is 18.5. The normalized spacial score (nSPS) is 15.8. The van der Waals surface area contributed by atoms with Crippen LogP contribution in [0.1, 0.15) is 116 Å². The third-order valence-electron chi connectivity index (χ3n) is 7.11. The number of carbonyl (C=O) groups is 3. The van der Waals surface area contributed by atoms with E-state index in [2.05, 4.69) is 24.1 Å². The Labute approximate surface area is 236 Å². The summed E-state index contributed by atoms with van der Waals surface area (Å²) >= 11 is 0. The Morgan fingerprint density at radius 1 is 1.10 bits per heavy atom. The van der Waals surface area contributed by atoms with Crippen molar-refractivity contribution in [2.45, 2.75) is 123 Å². The van der Waals surface area contributed by atoms with Gasteiger partial charge in [0.15, 0.2) is 0 Å². The lowest BCUT2D eigenvalue weighted by Crippen LogP contribution is -2.55. The summed E-state index contributed by atoms with van der Waals surface area (Å²) in [4.78, 5) is 42.7. The number of nitrogens with one attached hydrogen (secondary N) is 2. The van der Waals surface area contributed by atoms with E-state index in [0.717, 1.165) is 62.5 Å². The van der Waals surface area contributed by atoms with Crippen LogP contribution in [0.4, 0.5) is 4.79 Å². The van der Waals surface area contributed by atoms with E-state index in [1.165, 1.54) is 6.42 Å². The Bertz CT molecular complexity index is 947. The second kappa shape index (κ2) is 15.7. The van der Waals surface area contributed by atoms with Crippen molar-refractivity contribution in [1.29, 1.82) is 0 Å². The molecule has 0 spiro atoms. The Morgan fingerprint density at radius 3 is 2.38 bits per heavy atom. The van der Waals surface area contributed by atoms with Crippen molar-refractivity contribution in [2.24, 2.45) is 5.92 Å². The predicted molar refractivity (Wildman–Crippen MR) is 158 cm³/mol. The quantitative estimate of drug-likeness (QED) is 0.270. The smallest absolute Gasteiger partial charge is 0.408 e. The summed E-state index contributed by atoms with van der Waals surface area (Å²) in [6.45, 7) is 15.6. The molecule has 0 bridgehead atoms. The molecule has 0 radical (unpaired) electrons. The first-order valence-corrected chi connectivity index (χ1v) is 14.8. The molecule has 1 aromatic rings. The zero-order valence-corrected chi connectivity index (χ0v) is 25.1. The Morgan fingerprint density at radius 2 is 1.79 bits per heavy atom. The molecule has 0 aliphatic heterocycles. The van der Waals surface area contributed by atoms with Gasteiger partial charge in [0.05, 0.1) is 0 Å². The number of unbranched alkanes of at least 4 members (excludes halogenated alkanes) is 3. The first-order valence-electron chi connectivity index (χ1n) is 14.8. The summed E-state index contributed by atoms with van der Waals surface area (Å²) in [5.74, 6) is -0.656. The summed E-state index contributed by atoms with van der Waals surface area (Å²) in [7, 11) is 0. The number of benzene rings is 1. The maximum Gasteiger partial charge on any atom is 0.408 e. The van der Waals surface area contributed by atoms with Crippen molar-refractivity contribution >= 4 is 24.0 Å². The van der Waals surface area contributed by atoms with Crippen LogP contribution in [-0.2, 0) is 14.3 Å². The molecule has 2 atom stereocenters. The zero-order valence-electron chi connectivity index (χ0n) is 25.1. The summed E-state index contributed by atoms with van der Waals surface area (Å²) in [5, 5.41) is 6.06. The average Bonchev–Trinajstić information content (AvgIpc) is 2.88. The SMILES string of the molecule is C=Cc1cccc(C(C(=O)NC2CCCCC2)N(CCCCCC)C(=O)C(NC(=O)OC(C)(C)C)C(C)C)c1. The lowest BCUT2D eigenvalue weighted by Gasteiger charge is -2.36. The molecule has 1 aliphatic carbocycles. The monoisotopic (exact) mass is 541 g/mol. The Hall–Kier alpha value is -2.83. The lowest BCUT2D eigenvalue weighted by molar-refractivity contribution is -0.143. The molecule has 1 aliphatic rings. The molecule has 7 heteroatoms. The molecule has 1 aromatic carbocycles. The molecular weight excluding hydrogens is 490 g/mol. The van der Waals surface area contributed by atoms with Crippen LogP contribution in [0.3, 0.4) is 0 Å². The van der Waals surface area contributed by atoms with E-state index in [1.807, 2.05) is 38.1 Å². The standard InChI is InChI=1S/C32H51N3O4/c1-8-10-11-15-21-35(30(37)27(23(3)4)34-31(38)39-32(5,6)7)28(25-18-16-17-24(9-2)22-25)29(36)33-26-19-13-12-14-20-26/h9,16-18,22-23,26-28H,2,8,10-15,19-21H2,1,3-7H3,(H,33,36)(H,34,38). The molecule has 0 heterocycles. The number of alkyl carbamates (subject to hydrolysis) is 1. The molecule has 7 nitrogen and oxygen atoms in total. The number of nitrogens with zero attached hydrogens (tertiary/aromatic N) is 1. The lowest BCUT2D eigenvalue weighted by atomic mass is 9.94. The minimum absolute atomic E-state index is 0.106. The average molecular weight is 542 g/mol. The number of amides is 3. The van der Waals surface area contributed by atoms with Gasteiger partial charge in [-0.3, -0.25) is 9.59 Å². The molecule has 2 N–H and O–H groups in total. The van der Waals surface area contributed by atoms with Gasteiger partial charge in [-0.1, -0.05) is 90.2 Å². The van der Waals surface area contributed by atoms with Gasteiger partial charge in [0, 0.05) is 12.6 Å². The summed E-state index contributed by atoms with van der Waals surface area (Å²) < 4.78 is 5.47. The molecule has 218 valence electrons. The minimum Gasteiger partial charge on any atom is -0.444 e. The van der Waals surface area contributed by atoms with Gasteiger partial charge in [-0.25, -0.2) is 4.79 Å². The number of hydrogen-bond acceptors (Lipinski definition) is 4. The van der Waals surface area contributed by atoms with E-state index in [4.69, 9.17) is 4.74 Å². The van der Waals surface area contributed by atoms with Crippen molar-refractivity contribution in [2.75, 3.05) is 6.54 Å². The fourth-order valence-electron chi connectivity index (χ4n) is 5.06. The summed E-state index contributed by atoms with van der Waals surface area (Å²) in [5.41, 5.74) is 0.931. The highest BCUT2D eigenvalue weighted by Crippen LogP contribution is 2.27. The Balaban J connectivity index is 2.48. The van der Waals surface area contributed by atoms with Crippen LogP contribution in [0.25, 0.3) is 6.08 Å². The van der Waals surface area contributed by atoms with Crippen molar-refractivity contribution in [1.82, 2.24) is 15.5 Å². The highest BCUT2D eigenvalue weighted by atomic mass is 16.6. The van der Waals surface area contributed by atoms with Gasteiger partial charge in [0.2, 0.25) is 11.8 Å². The minimum atomic E-state index is -0.835. The van der Waals surface area contributed by atoms with Gasteiger partial charge in [0.25, 0.3) is 0 Å². The van der Waals surface area contributed by atoms with Crippen LogP contribution in [0.2, 0.25) is 0 Å². The van der Waals surface area contributed by atoms with Crippen LogP contribution in [-0.4, -0.2) is 47.0 Å². The molecule has 0 saturated heterocycles. The molecular formula is C32H51N3O4. The topological polar surface area (TPSA) is 87.7 Å². The van der Waals surface area contributed by atoms with E-state index in [1.54, 1.807) is 31.7 Å². The van der Waals surface area contributed by atoms with Crippen molar-refractivity contribution in [3.63, 3.8) is 0 Å². The van der Waals surface area contributed by atoms with Crippen molar-refractivity contribution < 1.29 is 19.1 Å². The van der Waals surface area contributed by atoms with Crippen LogP contribution in [0.5, 0.6) is 0 Å². The number of carbonyl (C=O) groups excluding carboxylic acids is 3. The van der Waals surface area contributed by atoms with Gasteiger partial charge in [-0.15, -0.1) is 0 Å². The molecule has 2 rings (SSSR count). The number of ether oxygens (including phenoxy) is 1. The molecule has 1 fully saturated rings. The Kier molecular flexibility index (Phi) is 13.0. The third kappa shape index (κ3) is 10.7. The van der Waals surface area contributed by atoms with E-state index in [9.17, 15) is 14.4 Å².